The second-order valence-electron chi connectivity index (χ2n) is 14.3. The SMILES string of the molecule is N#Cc1ccc2c(=O)c3cc4c(cc3oc2c1)-c1ccccc1C41c2ccccc2N(c2cc(-c3ccccc3)cc(-c3ccccc3)c2)c2ccccc21. The summed E-state index contributed by atoms with van der Waals surface area (Å²) < 4.78 is 6.44. The van der Waals surface area contributed by atoms with Crippen LogP contribution >= 0.6 is 0 Å². The quantitative estimate of drug-likeness (QED) is 0.172. The molecule has 0 saturated carbocycles. The monoisotopic (exact) mass is 702 g/mol. The first kappa shape index (κ1) is 31.1. The van der Waals surface area contributed by atoms with Gasteiger partial charge in [-0.2, -0.15) is 5.26 Å². The van der Waals surface area contributed by atoms with E-state index in [9.17, 15) is 10.1 Å². The summed E-state index contributed by atoms with van der Waals surface area (Å²) in [6, 6.07) is 65.3. The fourth-order valence-electron chi connectivity index (χ4n) is 9.13. The third-order valence-corrected chi connectivity index (χ3v) is 11.5. The minimum atomic E-state index is -0.727. The lowest BCUT2D eigenvalue weighted by molar-refractivity contribution is 0.659. The molecule has 0 bridgehead atoms. The standard InChI is InChI=1S/C51H30N2O2/c52-31-32-23-24-39-48(25-32)55-49-30-40-38-17-7-8-18-42(38)51(45(40)29-41(49)50(39)54)43-19-9-11-21-46(43)53(47-22-12-10-20-44(47)51)37-27-35(33-13-3-1-4-14-33)26-36(28-37)34-15-5-2-6-16-34/h1-30H. The molecule has 2 heterocycles. The summed E-state index contributed by atoms with van der Waals surface area (Å²) in [5.74, 6) is 0. The van der Waals surface area contributed by atoms with Crippen LogP contribution in [0.3, 0.4) is 0 Å². The van der Waals surface area contributed by atoms with Crippen molar-refractivity contribution >= 4 is 39.0 Å². The van der Waals surface area contributed by atoms with Gasteiger partial charge in [-0.15, -0.1) is 0 Å². The Morgan fingerprint density at radius 1 is 0.473 bits per heavy atom. The van der Waals surface area contributed by atoms with Crippen LogP contribution in [0.5, 0.6) is 0 Å². The average molecular weight is 703 g/mol. The maximum atomic E-state index is 14.3. The van der Waals surface area contributed by atoms with Crippen LogP contribution in [0.1, 0.15) is 27.8 Å². The number of para-hydroxylation sites is 2. The molecule has 55 heavy (non-hydrogen) atoms. The van der Waals surface area contributed by atoms with Crippen LogP contribution in [0.25, 0.3) is 55.3 Å². The minimum absolute atomic E-state index is 0.111. The number of rotatable bonds is 3. The van der Waals surface area contributed by atoms with Crippen LogP contribution in [0.4, 0.5) is 17.1 Å². The van der Waals surface area contributed by atoms with Crippen molar-refractivity contribution < 1.29 is 4.42 Å². The molecular weight excluding hydrogens is 673 g/mol. The lowest BCUT2D eigenvalue weighted by atomic mass is 9.64. The average Bonchev–Trinajstić information content (AvgIpc) is 3.53. The molecule has 4 heteroatoms. The molecule has 0 N–H and O–H groups in total. The summed E-state index contributed by atoms with van der Waals surface area (Å²) in [7, 11) is 0. The van der Waals surface area contributed by atoms with Crippen LogP contribution < -0.4 is 10.3 Å². The molecule has 0 unspecified atom stereocenters. The number of anilines is 3. The highest BCUT2D eigenvalue weighted by molar-refractivity contribution is 6.01. The van der Waals surface area contributed by atoms with Crippen molar-refractivity contribution in [1.82, 2.24) is 0 Å². The molecular formula is C51H30N2O2. The molecule has 9 aromatic rings. The van der Waals surface area contributed by atoms with Crippen molar-refractivity contribution in [2.75, 3.05) is 4.90 Å². The van der Waals surface area contributed by atoms with E-state index in [1.54, 1.807) is 18.2 Å². The molecule has 4 nitrogen and oxygen atoms in total. The summed E-state index contributed by atoms with van der Waals surface area (Å²) in [5.41, 5.74) is 14.9. The van der Waals surface area contributed by atoms with Gasteiger partial charge in [0, 0.05) is 5.69 Å². The van der Waals surface area contributed by atoms with Gasteiger partial charge in [0.25, 0.3) is 0 Å². The van der Waals surface area contributed by atoms with E-state index < -0.39 is 5.41 Å². The van der Waals surface area contributed by atoms with E-state index in [1.165, 1.54) is 0 Å². The molecule has 11 rings (SSSR count). The van der Waals surface area contributed by atoms with Crippen molar-refractivity contribution in [2.45, 2.75) is 5.41 Å². The topological polar surface area (TPSA) is 57.2 Å². The van der Waals surface area contributed by atoms with Crippen molar-refractivity contribution in [3.05, 3.63) is 220 Å². The van der Waals surface area contributed by atoms with Crippen molar-refractivity contribution in [3.63, 3.8) is 0 Å². The van der Waals surface area contributed by atoms with Crippen LogP contribution in [0, 0.1) is 11.3 Å². The van der Waals surface area contributed by atoms with Crippen LogP contribution in [0.15, 0.2) is 191 Å². The summed E-state index contributed by atoms with van der Waals surface area (Å²) >= 11 is 0. The highest BCUT2D eigenvalue weighted by Crippen LogP contribution is 2.63. The van der Waals surface area contributed by atoms with E-state index in [-0.39, 0.29) is 5.43 Å². The highest BCUT2D eigenvalue weighted by Gasteiger charge is 2.52. The van der Waals surface area contributed by atoms with Gasteiger partial charge < -0.3 is 9.32 Å². The Morgan fingerprint density at radius 3 is 1.67 bits per heavy atom. The van der Waals surface area contributed by atoms with Crippen molar-refractivity contribution in [2.24, 2.45) is 0 Å². The first-order chi connectivity index (χ1) is 27.1. The van der Waals surface area contributed by atoms with Crippen LogP contribution in [-0.4, -0.2) is 0 Å². The van der Waals surface area contributed by atoms with E-state index in [4.69, 9.17) is 4.42 Å². The lowest BCUT2D eigenvalue weighted by Crippen LogP contribution is -2.36. The number of hydrogen-bond acceptors (Lipinski definition) is 4. The van der Waals surface area contributed by atoms with E-state index >= 15 is 0 Å². The molecule has 0 amide bonds. The van der Waals surface area contributed by atoms with Gasteiger partial charge in [0.05, 0.1) is 39.2 Å². The van der Waals surface area contributed by atoms with E-state index in [1.807, 2.05) is 6.07 Å². The maximum Gasteiger partial charge on any atom is 0.200 e. The molecule has 0 saturated heterocycles. The van der Waals surface area contributed by atoms with E-state index in [2.05, 4.69) is 169 Å². The predicted molar refractivity (Wildman–Crippen MR) is 221 cm³/mol. The van der Waals surface area contributed by atoms with E-state index in [0.717, 1.165) is 72.7 Å². The van der Waals surface area contributed by atoms with Gasteiger partial charge in [0.2, 0.25) is 5.43 Å². The third kappa shape index (κ3) is 4.41. The van der Waals surface area contributed by atoms with Gasteiger partial charge in [-0.05, 0) is 116 Å². The molecule has 1 aromatic heterocycles. The molecule has 1 aliphatic carbocycles. The summed E-state index contributed by atoms with van der Waals surface area (Å²) in [4.78, 5) is 16.7. The zero-order valence-corrected chi connectivity index (χ0v) is 29.5. The predicted octanol–water partition coefficient (Wildman–Crippen LogP) is 12.3. The van der Waals surface area contributed by atoms with Gasteiger partial charge >= 0.3 is 0 Å². The van der Waals surface area contributed by atoms with Crippen molar-refractivity contribution in [1.29, 1.82) is 5.26 Å². The number of fused-ring (bicyclic) bond motifs is 11. The molecule has 256 valence electrons. The molecule has 8 aromatic carbocycles. The van der Waals surface area contributed by atoms with Gasteiger partial charge in [-0.25, -0.2) is 0 Å². The molecule has 1 spiro atoms. The molecule has 0 fully saturated rings. The zero-order valence-electron chi connectivity index (χ0n) is 29.5. The van der Waals surface area contributed by atoms with Crippen LogP contribution in [0.2, 0.25) is 0 Å². The summed E-state index contributed by atoms with van der Waals surface area (Å²) in [6.07, 6.45) is 0. The Balaban J connectivity index is 1.22. The van der Waals surface area contributed by atoms with Gasteiger partial charge in [-0.3, -0.25) is 4.79 Å². The Hall–Kier alpha value is -7.48. The van der Waals surface area contributed by atoms with E-state index in [0.29, 0.717) is 27.5 Å². The minimum Gasteiger partial charge on any atom is -0.456 e. The number of nitriles is 1. The molecule has 0 radical (unpaired) electrons. The van der Waals surface area contributed by atoms with Gasteiger partial charge in [0.1, 0.15) is 11.2 Å². The Bertz CT molecular complexity index is 3030. The second kappa shape index (κ2) is 11.8. The normalized spacial score (nSPS) is 13.3. The van der Waals surface area contributed by atoms with Crippen molar-refractivity contribution in [3.8, 4) is 39.4 Å². The summed E-state index contributed by atoms with van der Waals surface area (Å²) in [5, 5.41) is 10.5. The number of benzene rings is 8. The first-order valence-electron chi connectivity index (χ1n) is 18.4. The van der Waals surface area contributed by atoms with Gasteiger partial charge in [-0.1, -0.05) is 121 Å². The maximum absolute atomic E-state index is 14.3. The summed E-state index contributed by atoms with van der Waals surface area (Å²) in [6.45, 7) is 0. The number of hydrogen-bond donors (Lipinski definition) is 0. The largest absolute Gasteiger partial charge is 0.456 e. The Labute approximate surface area is 317 Å². The number of nitrogens with zero attached hydrogens (tertiary/aromatic N) is 2. The Morgan fingerprint density at radius 2 is 1.04 bits per heavy atom. The zero-order chi connectivity index (χ0) is 36.7. The lowest BCUT2D eigenvalue weighted by Gasteiger charge is -2.45. The Kier molecular flexibility index (Phi) is 6.65. The smallest absolute Gasteiger partial charge is 0.200 e. The van der Waals surface area contributed by atoms with Gasteiger partial charge in [0.15, 0.2) is 0 Å². The fourth-order valence-corrected chi connectivity index (χ4v) is 9.13. The second-order valence-corrected chi connectivity index (χ2v) is 14.3. The fraction of sp³-hybridized carbons (Fsp3) is 0.0196. The highest BCUT2D eigenvalue weighted by atomic mass is 16.3. The molecule has 2 aliphatic rings. The first-order valence-corrected chi connectivity index (χ1v) is 18.4. The molecule has 1 aliphatic heterocycles. The molecule has 0 atom stereocenters. The third-order valence-electron chi connectivity index (χ3n) is 11.5. The van der Waals surface area contributed by atoms with Crippen LogP contribution in [-0.2, 0) is 5.41 Å².